The van der Waals surface area contributed by atoms with Gasteiger partial charge in [0.25, 0.3) is 11.3 Å². The van der Waals surface area contributed by atoms with Crippen molar-refractivity contribution in [2.24, 2.45) is 5.92 Å². The SMILES string of the molecule is CC(C)COS(=O)N([O])C(C)(C)C. The molecule has 0 heterocycles. The first-order valence-electron chi connectivity index (χ1n) is 4.27. The van der Waals surface area contributed by atoms with Gasteiger partial charge in [-0.3, -0.25) is 4.18 Å². The Balaban J connectivity index is 3.98. The van der Waals surface area contributed by atoms with Crippen LogP contribution >= 0.6 is 0 Å². The van der Waals surface area contributed by atoms with Crippen LogP contribution in [0.25, 0.3) is 0 Å². The van der Waals surface area contributed by atoms with E-state index in [0.29, 0.717) is 11.1 Å². The van der Waals surface area contributed by atoms with Crippen LogP contribution in [0.4, 0.5) is 0 Å². The largest absolute Gasteiger partial charge is 0.276 e. The van der Waals surface area contributed by atoms with E-state index in [4.69, 9.17) is 4.18 Å². The average Bonchev–Trinajstić information content (AvgIpc) is 1.96. The zero-order valence-corrected chi connectivity index (χ0v) is 9.68. The lowest BCUT2D eigenvalue weighted by atomic mass is 10.1. The van der Waals surface area contributed by atoms with Crippen molar-refractivity contribution < 1.29 is 13.6 Å². The molecule has 0 aliphatic heterocycles. The fourth-order valence-electron chi connectivity index (χ4n) is 0.466. The normalized spacial score (nSPS) is 15.4. The van der Waals surface area contributed by atoms with Gasteiger partial charge in [-0.1, -0.05) is 13.8 Å². The summed E-state index contributed by atoms with van der Waals surface area (Å²) in [6, 6.07) is 0. The van der Waals surface area contributed by atoms with E-state index in [1.54, 1.807) is 20.8 Å². The van der Waals surface area contributed by atoms with Gasteiger partial charge in [-0.05, 0) is 31.2 Å². The van der Waals surface area contributed by atoms with Crippen molar-refractivity contribution in [1.82, 2.24) is 4.47 Å². The zero-order valence-electron chi connectivity index (χ0n) is 8.86. The molecule has 0 aromatic rings. The van der Waals surface area contributed by atoms with E-state index in [-0.39, 0.29) is 5.92 Å². The Morgan fingerprint density at radius 1 is 1.38 bits per heavy atom. The average molecular weight is 208 g/mol. The van der Waals surface area contributed by atoms with E-state index >= 15 is 0 Å². The maximum absolute atomic E-state index is 11.3. The highest BCUT2D eigenvalue weighted by atomic mass is 32.2. The van der Waals surface area contributed by atoms with Crippen LogP contribution in [0.2, 0.25) is 0 Å². The topological polar surface area (TPSA) is 49.4 Å². The second-order valence-electron chi connectivity index (χ2n) is 4.32. The van der Waals surface area contributed by atoms with Gasteiger partial charge in [-0.15, -0.1) is 5.21 Å². The van der Waals surface area contributed by atoms with E-state index in [1.807, 2.05) is 13.8 Å². The Bertz CT molecular complexity index is 177. The van der Waals surface area contributed by atoms with Gasteiger partial charge in [-0.25, -0.2) is 4.21 Å². The van der Waals surface area contributed by atoms with E-state index in [9.17, 15) is 9.42 Å². The highest BCUT2D eigenvalue weighted by molar-refractivity contribution is 7.77. The predicted octanol–water partition coefficient (Wildman–Crippen LogP) is 1.68. The van der Waals surface area contributed by atoms with Gasteiger partial charge in [-0.2, -0.15) is 0 Å². The summed E-state index contributed by atoms with van der Waals surface area (Å²) in [7, 11) is 0. The zero-order chi connectivity index (χ0) is 10.6. The van der Waals surface area contributed by atoms with Gasteiger partial charge in [0.05, 0.1) is 12.1 Å². The minimum absolute atomic E-state index is 0.275. The van der Waals surface area contributed by atoms with Crippen LogP contribution in [-0.4, -0.2) is 20.8 Å². The van der Waals surface area contributed by atoms with Gasteiger partial charge in [0, 0.05) is 0 Å². The van der Waals surface area contributed by atoms with Crippen molar-refractivity contribution in [3.63, 3.8) is 0 Å². The van der Waals surface area contributed by atoms with Crippen molar-refractivity contribution in [1.29, 1.82) is 0 Å². The molecule has 79 valence electrons. The highest BCUT2D eigenvalue weighted by Gasteiger charge is 2.27. The van der Waals surface area contributed by atoms with Crippen molar-refractivity contribution in [3.05, 3.63) is 0 Å². The lowest BCUT2D eigenvalue weighted by molar-refractivity contribution is -0.134. The summed E-state index contributed by atoms with van der Waals surface area (Å²) in [5, 5.41) is 11.3. The van der Waals surface area contributed by atoms with Gasteiger partial charge in [0.1, 0.15) is 0 Å². The van der Waals surface area contributed by atoms with Crippen molar-refractivity contribution in [2.75, 3.05) is 6.61 Å². The molecule has 4 nitrogen and oxygen atoms in total. The molecule has 0 aromatic carbocycles. The number of nitrogens with zero attached hydrogens (tertiary/aromatic N) is 1. The van der Waals surface area contributed by atoms with E-state index in [0.717, 1.165) is 0 Å². The molecule has 0 aliphatic rings. The fourth-order valence-corrected chi connectivity index (χ4v) is 1.40. The van der Waals surface area contributed by atoms with Crippen molar-refractivity contribution in [3.8, 4) is 0 Å². The summed E-state index contributed by atoms with van der Waals surface area (Å²) >= 11 is -1.88. The Morgan fingerprint density at radius 2 is 1.85 bits per heavy atom. The minimum atomic E-state index is -1.88. The smallest absolute Gasteiger partial charge is 0.264 e. The molecule has 1 atom stereocenters. The van der Waals surface area contributed by atoms with Crippen molar-refractivity contribution >= 4 is 11.3 Å². The quantitative estimate of drug-likeness (QED) is 0.660. The van der Waals surface area contributed by atoms with Crippen LogP contribution in [0.15, 0.2) is 0 Å². The van der Waals surface area contributed by atoms with Crippen LogP contribution in [-0.2, 0) is 20.7 Å². The molecule has 0 fully saturated rings. The third kappa shape index (κ3) is 5.36. The molecule has 0 aromatic heterocycles. The summed E-state index contributed by atoms with van der Waals surface area (Å²) in [5.41, 5.74) is -0.679. The number of rotatable bonds is 4. The molecule has 0 rings (SSSR count). The standard InChI is InChI=1S/C8H18NO3S/c1-7(2)6-12-13(11)9(10)8(3,4)5/h7H,6H2,1-5H3. The van der Waals surface area contributed by atoms with Crippen LogP contribution in [0, 0.1) is 5.92 Å². The molecular formula is C8H18NO3S. The van der Waals surface area contributed by atoms with Gasteiger partial charge in [0.15, 0.2) is 0 Å². The van der Waals surface area contributed by atoms with E-state index in [2.05, 4.69) is 0 Å². The number of hydrogen-bond donors (Lipinski definition) is 0. The minimum Gasteiger partial charge on any atom is -0.276 e. The van der Waals surface area contributed by atoms with Crippen LogP contribution in [0.3, 0.4) is 0 Å². The van der Waals surface area contributed by atoms with Crippen LogP contribution < -0.4 is 0 Å². The maximum atomic E-state index is 11.3. The van der Waals surface area contributed by atoms with Crippen LogP contribution in [0.5, 0.6) is 0 Å². The first-order valence-corrected chi connectivity index (χ1v) is 5.31. The van der Waals surface area contributed by atoms with Crippen molar-refractivity contribution in [2.45, 2.75) is 40.2 Å². The van der Waals surface area contributed by atoms with Gasteiger partial charge < -0.3 is 0 Å². The Kier molecular flexibility index (Phi) is 5.06. The molecule has 0 amide bonds. The van der Waals surface area contributed by atoms with E-state index in [1.165, 1.54) is 0 Å². The monoisotopic (exact) mass is 208 g/mol. The molecule has 0 saturated carbocycles. The second-order valence-corrected chi connectivity index (χ2v) is 5.32. The first kappa shape index (κ1) is 13.0. The predicted molar refractivity (Wildman–Crippen MR) is 51.2 cm³/mol. The van der Waals surface area contributed by atoms with E-state index < -0.39 is 16.8 Å². The highest BCUT2D eigenvalue weighted by Crippen LogP contribution is 2.14. The summed E-state index contributed by atoms with van der Waals surface area (Å²) in [6.45, 7) is 9.28. The number of hydroxylamine groups is 1. The Hall–Kier alpha value is 0.0300. The molecule has 13 heavy (non-hydrogen) atoms. The molecule has 5 heteroatoms. The summed E-state index contributed by atoms with van der Waals surface area (Å²) in [4.78, 5) is 0. The molecular weight excluding hydrogens is 190 g/mol. The third-order valence-electron chi connectivity index (χ3n) is 1.19. The molecule has 0 N–H and O–H groups in total. The molecule has 0 saturated heterocycles. The molecule has 0 aliphatic carbocycles. The third-order valence-corrected chi connectivity index (χ3v) is 2.34. The van der Waals surface area contributed by atoms with Crippen LogP contribution in [0.1, 0.15) is 34.6 Å². The summed E-state index contributed by atoms with van der Waals surface area (Å²) in [6.07, 6.45) is 0. The van der Waals surface area contributed by atoms with Gasteiger partial charge >= 0.3 is 0 Å². The molecule has 0 spiro atoms. The number of hydrogen-bond acceptors (Lipinski definition) is 2. The molecule has 0 bridgehead atoms. The Labute approximate surface area is 82.6 Å². The Morgan fingerprint density at radius 3 is 2.15 bits per heavy atom. The fraction of sp³-hybridized carbons (Fsp3) is 1.00. The maximum Gasteiger partial charge on any atom is 0.264 e. The lowest BCUT2D eigenvalue weighted by Gasteiger charge is -2.24. The summed E-state index contributed by atoms with van der Waals surface area (Å²) in [5.74, 6) is 0.275. The second kappa shape index (κ2) is 5.05. The molecule has 1 unspecified atom stereocenters. The van der Waals surface area contributed by atoms with Gasteiger partial charge in [0.2, 0.25) is 0 Å². The first-order chi connectivity index (χ1) is 5.75. The lowest BCUT2D eigenvalue weighted by Crippen LogP contribution is -2.39. The molecule has 1 radical (unpaired) electrons. The summed E-state index contributed by atoms with van der Waals surface area (Å²) < 4.78 is 16.5.